The molecule has 2 heterocycles. The number of likely N-dealkylation sites (N-methyl/N-ethyl adjacent to an activating group) is 1. The van der Waals surface area contributed by atoms with Crippen LogP contribution >= 0.6 is 0 Å². The summed E-state index contributed by atoms with van der Waals surface area (Å²) in [5, 5.41) is 9.94. The van der Waals surface area contributed by atoms with Gasteiger partial charge in [0.15, 0.2) is 11.5 Å². The number of methoxy groups -OCH3 is 1. The average molecular weight is 626 g/mol. The molecule has 2 N–H and O–H groups in total. The zero-order valence-corrected chi connectivity index (χ0v) is 26.2. The molecule has 0 aromatic heterocycles. The van der Waals surface area contributed by atoms with E-state index in [-0.39, 0.29) is 42.6 Å². The molecular weight excluding hydrogens is 586 g/mol. The van der Waals surface area contributed by atoms with Crippen LogP contribution in [-0.4, -0.2) is 82.0 Å². The number of rotatable bonds is 10. The van der Waals surface area contributed by atoms with Crippen LogP contribution in [0.5, 0.6) is 23.0 Å². The molecule has 0 spiro atoms. The SMILES string of the molecule is COc1ccc(S(=O)(=O)Nc2ccc3c(c2)CC(=O)N([C@@H](C)CO)C[C@@H](C)[C@@H](CN(C)Cc2ccc4c(c2)OCO4)O3)cc1. The second-order valence-electron chi connectivity index (χ2n) is 11.4. The molecule has 2 aliphatic heterocycles. The van der Waals surface area contributed by atoms with Crippen molar-refractivity contribution in [1.29, 1.82) is 0 Å². The van der Waals surface area contributed by atoms with Gasteiger partial charge in [0, 0.05) is 36.8 Å². The summed E-state index contributed by atoms with van der Waals surface area (Å²) in [7, 11) is -0.383. The zero-order valence-electron chi connectivity index (χ0n) is 25.4. The summed E-state index contributed by atoms with van der Waals surface area (Å²) in [6, 6.07) is 16.5. The van der Waals surface area contributed by atoms with Crippen molar-refractivity contribution in [2.24, 2.45) is 5.92 Å². The van der Waals surface area contributed by atoms with Gasteiger partial charge < -0.3 is 29.0 Å². The first-order chi connectivity index (χ1) is 21.1. The quantitative estimate of drug-likeness (QED) is 0.348. The van der Waals surface area contributed by atoms with E-state index in [1.807, 2.05) is 39.1 Å². The number of amides is 1. The monoisotopic (exact) mass is 625 g/mol. The lowest BCUT2D eigenvalue weighted by atomic mass is 10.0. The predicted octanol–water partition coefficient (Wildman–Crippen LogP) is 3.51. The highest BCUT2D eigenvalue weighted by molar-refractivity contribution is 7.92. The summed E-state index contributed by atoms with van der Waals surface area (Å²) in [4.78, 5) is 17.5. The van der Waals surface area contributed by atoms with E-state index in [1.54, 1.807) is 35.2 Å². The van der Waals surface area contributed by atoms with E-state index in [0.717, 1.165) is 17.1 Å². The highest BCUT2D eigenvalue weighted by Crippen LogP contribution is 2.33. The Kier molecular flexibility index (Phi) is 9.52. The van der Waals surface area contributed by atoms with Crippen LogP contribution in [-0.2, 0) is 27.8 Å². The number of anilines is 1. The van der Waals surface area contributed by atoms with E-state index in [0.29, 0.717) is 42.4 Å². The van der Waals surface area contributed by atoms with E-state index in [2.05, 4.69) is 9.62 Å². The Labute approximate surface area is 258 Å². The fraction of sp³-hybridized carbons (Fsp3) is 0.406. The number of benzene rings is 3. The van der Waals surface area contributed by atoms with Crippen molar-refractivity contribution in [3.63, 3.8) is 0 Å². The number of aliphatic hydroxyl groups is 1. The minimum atomic E-state index is -3.90. The first-order valence-corrected chi connectivity index (χ1v) is 16.0. The van der Waals surface area contributed by atoms with Gasteiger partial charge in [-0.3, -0.25) is 14.4 Å². The second-order valence-corrected chi connectivity index (χ2v) is 13.1. The molecule has 1 amide bonds. The Morgan fingerprint density at radius 2 is 1.80 bits per heavy atom. The van der Waals surface area contributed by atoms with Gasteiger partial charge in [0.05, 0.1) is 31.1 Å². The summed E-state index contributed by atoms with van der Waals surface area (Å²) in [5.74, 6) is 2.26. The zero-order chi connectivity index (χ0) is 31.4. The molecule has 12 heteroatoms. The molecule has 0 saturated carbocycles. The van der Waals surface area contributed by atoms with Gasteiger partial charge in [0.1, 0.15) is 17.6 Å². The smallest absolute Gasteiger partial charge is 0.261 e. The maximum Gasteiger partial charge on any atom is 0.261 e. The minimum absolute atomic E-state index is 0.00967. The first kappa shape index (κ1) is 31.4. The van der Waals surface area contributed by atoms with Crippen LogP contribution in [0.15, 0.2) is 65.6 Å². The summed E-state index contributed by atoms with van der Waals surface area (Å²) in [5.41, 5.74) is 1.92. The van der Waals surface area contributed by atoms with Gasteiger partial charge >= 0.3 is 0 Å². The number of hydrogen-bond acceptors (Lipinski definition) is 9. The summed E-state index contributed by atoms with van der Waals surface area (Å²) in [6.07, 6.45) is -0.321. The minimum Gasteiger partial charge on any atom is -0.497 e. The molecule has 3 aromatic carbocycles. The Morgan fingerprint density at radius 1 is 1.07 bits per heavy atom. The standard InChI is InChI=1S/C32H39N3O8S/c1-21-16-35(22(2)19-36)32(37)15-24-14-25(33-44(38,39)27-9-7-26(40-4)8-10-27)6-12-28(24)43-31(21)18-34(3)17-23-5-11-29-30(13-23)42-20-41-29/h5-14,21-22,31,33,36H,15-20H2,1-4H3/t21-,22+,31-/m1/s1. The molecule has 0 unspecified atom stereocenters. The third-order valence-electron chi connectivity index (χ3n) is 7.92. The lowest BCUT2D eigenvalue weighted by molar-refractivity contribution is -0.134. The van der Waals surface area contributed by atoms with Gasteiger partial charge in [-0.05, 0) is 74.1 Å². The van der Waals surface area contributed by atoms with Crippen LogP contribution in [0.25, 0.3) is 0 Å². The van der Waals surface area contributed by atoms with Gasteiger partial charge in [-0.2, -0.15) is 0 Å². The van der Waals surface area contributed by atoms with Crippen LogP contribution in [0.2, 0.25) is 0 Å². The number of fused-ring (bicyclic) bond motifs is 2. The van der Waals surface area contributed by atoms with Crippen LogP contribution in [0.1, 0.15) is 25.0 Å². The number of nitrogens with zero attached hydrogens (tertiary/aromatic N) is 2. The van der Waals surface area contributed by atoms with Gasteiger partial charge in [0.25, 0.3) is 10.0 Å². The van der Waals surface area contributed by atoms with Crippen molar-refractivity contribution in [3.05, 3.63) is 71.8 Å². The number of nitrogens with one attached hydrogen (secondary N) is 1. The highest BCUT2D eigenvalue weighted by Gasteiger charge is 2.31. The number of hydrogen-bond donors (Lipinski definition) is 2. The van der Waals surface area contributed by atoms with E-state index in [4.69, 9.17) is 18.9 Å². The molecule has 5 rings (SSSR count). The predicted molar refractivity (Wildman–Crippen MR) is 165 cm³/mol. The molecule has 44 heavy (non-hydrogen) atoms. The van der Waals surface area contributed by atoms with E-state index >= 15 is 0 Å². The Bertz CT molecular complexity index is 1580. The van der Waals surface area contributed by atoms with Gasteiger partial charge in [-0.1, -0.05) is 13.0 Å². The molecular formula is C32H39N3O8S. The maximum absolute atomic E-state index is 13.5. The van der Waals surface area contributed by atoms with Crippen molar-refractivity contribution in [2.75, 3.05) is 45.4 Å². The van der Waals surface area contributed by atoms with E-state index in [9.17, 15) is 18.3 Å². The Morgan fingerprint density at radius 3 is 2.52 bits per heavy atom. The van der Waals surface area contributed by atoms with Gasteiger partial charge in [0.2, 0.25) is 12.7 Å². The lowest BCUT2D eigenvalue weighted by Crippen LogP contribution is -2.47. The van der Waals surface area contributed by atoms with Crippen molar-refractivity contribution in [3.8, 4) is 23.0 Å². The topological polar surface area (TPSA) is 127 Å². The molecule has 236 valence electrons. The largest absolute Gasteiger partial charge is 0.497 e. The maximum atomic E-state index is 13.5. The number of carbonyl (C=O) groups is 1. The molecule has 11 nitrogen and oxygen atoms in total. The van der Waals surface area contributed by atoms with E-state index < -0.39 is 16.1 Å². The molecule has 0 aliphatic carbocycles. The molecule has 3 atom stereocenters. The number of carbonyl (C=O) groups excluding carboxylic acids is 1. The highest BCUT2D eigenvalue weighted by atomic mass is 32.2. The molecule has 0 radical (unpaired) electrons. The fourth-order valence-electron chi connectivity index (χ4n) is 5.40. The van der Waals surface area contributed by atoms with Crippen LogP contribution in [0.3, 0.4) is 0 Å². The van der Waals surface area contributed by atoms with Crippen molar-refractivity contribution in [2.45, 2.75) is 43.9 Å². The number of aliphatic hydroxyl groups excluding tert-OH is 1. The van der Waals surface area contributed by atoms with Crippen molar-refractivity contribution < 1.29 is 37.3 Å². The summed E-state index contributed by atoms with van der Waals surface area (Å²) < 4.78 is 51.5. The first-order valence-electron chi connectivity index (χ1n) is 14.5. The Balaban J connectivity index is 1.39. The normalized spacial score (nSPS) is 19.0. The summed E-state index contributed by atoms with van der Waals surface area (Å²) >= 11 is 0. The number of ether oxygens (including phenoxy) is 4. The molecule has 0 saturated heterocycles. The van der Waals surface area contributed by atoms with Crippen molar-refractivity contribution >= 4 is 21.6 Å². The molecule has 2 aliphatic rings. The second kappa shape index (κ2) is 13.3. The Hall–Kier alpha value is -4.00. The van der Waals surface area contributed by atoms with Crippen LogP contribution < -0.4 is 23.7 Å². The third-order valence-corrected chi connectivity index (χ3v) is 9.32. The van der Waals surface area contributed by atoms with Crippen LogP contribution in [0.4, 0.5) is 5.69 Å². The fourth-order valence-corrected chi connectivity index (χ4v) is 6.45. The average Bonchev–Trinajstić information content (AvgIpc) is 3.48. The van der Waals surface area contributed by atoms with E-state index in [1.165, 1.54) is 19.2 Å². The van der Waals surface area contributed by atoms with Crippen LogP contribution in [0, 0.1) is 5.92 Å². The van der Waals surface area contributed by atoms with Crippen molar-refractivity contribution in [1.82, 2.24) is 9.80 Å². The van der Waals surface area contributed by atoms with Gasteiger partial charge in [-0.25, -0.2) is 8.42 Å². The summed E-state index contributed by atoms with van der Waals surface area (Å²) in [6.45, 7) is 5.47. The van der Waals surface area contributed by atoms with Gasteiger partial charge in [-0.15, -0.1) is 0 Å². The number of sulfonamides is 1. The molecule has 0 fully saturated rings. The third kappa shape index (κ3) is 7.20. The molecule has 3 aromatic rings. The molecule has 0 bridgehead atoms. The lowest BCUT2D eigenvalue weighted by Gasteiger charge is -2.34.